The maximum atomic E-state index is 12.2. The minimum absolute atomic E-state index is 0.0823. The van der Waals surface area contributed by atoms with Crippen molar-refractivity contribution in [3.8, 4) is 5.75 Å². The molecule has 0 spiro atoms. The van der Waals surface area contributed by atoms with Gasteiger partial charge >= 0.3 is 0 Å². The second-order valence-electron chi connectivity index (χ2n) is 5.98. The highest BCUT2D eigenvalue weighted by atomic mass is 35.5. The number of halogens is 1. The third-order valence-corrected chi connectivity index (χ3v) is 3.86. The molecule has 1 aliphatic carbocycles. The predicted octanol–water partition coefficient (Wildman–Crippen LogP) is 2.22. The van der Waals surface area contributed by atoms with Crippen molar-refractivity contribution in [1.29, 1.82) is 0 Å². The number of amides is 2. The lowest BCUT2D eigenvalue weighted by atomic mass is 10.3. The number of rotatable bonds is 7. The maximum absolute atomic E-state index is 12.2. The molecular weight excluding hydrogens is 344 g/mol. The molecule has 0 bridgehead atoms. The average molecular weight is 363 g/mol. The highest BCUT2D eigenvalue weighted by Gasteiger charge is 2.23. The molecule has 1 heterocycles. The maximum Gasteiger partial charge on any atom is 0.265 e. The largest absolute Gasteiger partial charge is 0.481 e. The summed E-state index contributed by atoms with van der Waals surface area (Å²) in [5, 5.41) is 10.2. The molecule has 0 aliphatic heterocycles. The van der Waals surface area contributed by atoms with Crippen molar-refractivity contribution in [2.75, 3.05) is 5.32 Å². The molecule has 2 amide bonds. The molecule has 0 unspecified atom stereocenters. The number of benzene rings is 1. The zero-order chi connectivity index (χ0) is 17.8. The third-order valence-electron chi connectivity index (χ3n) is 3.63. The molecule has 1 aromatic heterocycles. The van der Waals surface area contributed by atoms with Crippen LogP contribution in [0.4, 0.5) is 5.69 Å². The van der Waals surface area contributed by atoms with Crippen LogP contribution >= 0.6 is 11.6 Å². The van der Waals surface area contributed by atoms with E-state index < -0.39 is 6.10 Å². The molecule has 2 N–H and O–H groups in total. The molecule has 1 aromatic carbocycles. The Kier molecular flexibility index (Phi) is 5.23. The number of hydrogen-bond acceptors (Lipinski definition) is 4. The standard InChI is InChI=1S/C17H19ClN4O3/c1-11(25-15-4-2-3-12(18)7-15)17(24)21-14-8-19-22(9-14)10-16(23)20-13-5-6-13/h2-4,7-9,11,13H,5-6,10H2,1H3,(H,20,23)(H,21,24)/t11-/m1/s1. The molecule has 8 heteroatoms. The van der Waals surface area contributed by atoms with E-state index in [-0.39, 0.29) is 18.4 Å². The lowest BCUT2D eigenvalue weighted by molar-refractivity contribution is -0.122. The van der Waals surface area contributed by atoms with Gasteiger partial charge in [0.05, 0.1) is 11.9 Å². The van der Waals surface area contributed by atoms with Crippen LogP contribution < -0.4 is 15.4 Å². The van der Waals surface area contributed by atoms with Crippen molar-refractivity contribution in [1.82, 2.24) is 15.1 Å². The van der Waals surface area contributed by atoms with Gasteiger partial charge in [-0.1, -0.05) is 17.7 Å². The average Bonchev–Trinajstić information content (AvgIpc) is 3.25. The number of carbonyl (C=O) groups is 2. The molecule has 2 aromatic rings. The van der Waals surface area contributed by atoms with Crippen LogP contribution in [-0.4, -0.2) is 33.7 Å². The van der Waals surface area contributed by atoms with Crippen molar-refractivity contribution in [3.63, 3.8) is 0 Å². The van der Waals surface area contributed by atoms with E-state index in [9.17, 15) is 9.59 Å². The van der Waals surface area contributed by atoms with Crippen LogP contribution in [0.1, 0.15) is 19.8 Å². The monoisotopic (exact) mass is 362 g/mol. The minimum Gasteiger partial charge on any atom is -0.481 e. The summed E-state index contributed by atoms with van der Waals surface area (Å²) in [5.41, 5.74) is 0.505. The number of nitrogens with one attached hydrogen (secondary N) is 2. The number of ether oxygens (including phenoxy) is 1. The second-order valence-corrected chi connectivity index (χ2v) is 6.41. The van der Waals surface area contributed by atoms with Crippen molar-refractivity contribution in [2.45, 2.75) is 38.5 Å². The first-order valence-corrected chi connectivity index (χ1v) is 8.42. The summed E-state index contributed by atoms with van der Waals surface area (Å²) in [5.74, 6) is 0.116. The van der Waals surface area contributed by atoms with Gasteiger partial charge in [-0.25, -0.2) is 0 Å². The molecule has 1 atom stereocenters. The van der Waals surface area contributed by atoms with Gasteiger partial charge in [-0.15, -0.1) is 0 Å². The first-order valence-electron chi connectivity index (χ1n) is 8.04. The Bertz CT molecular complexity index is 773. The number of hydrogen-bond donors (Lipinski definition) is 2. The molecule has 25 heavy (non-hydrogen) atoms. The topological polar surface area (TPSA) is 85.2 Å². The molecule has 1 aliphatic rings. The van der Waals surface area contributed by atoms with E-state index in [4.69, 9.17) is 16.3 Å². The minimum atomic E-state index is -0.708. The Morgan fingerprint density at radius 3 is 2.96 bits per heavy atom. The Morgan fingerprint density at radius 2 is 2.24 bits per heavy atom. The molecule has 132 valence electrons. The predicted molar refractivity (Wildman–Crippen MR) is 93.6 cm³/mol. The second kappa shape index (κ2) is 7.57. The van der Waals surface area contributed by atoms with E-state index >= 15 is 0 Å². The van der Waals surface area contributed by atoms with Crippen molar-refractivity contribution < 1.29 is 14.3 Å². The van der Waals surface area contributed by atoms with E-state index in [1.54, 1.807) is 37.4 Å². The van der Waals surface area contributed by atoms with Crippen LogP contribution in [0, 0.1) is 0 Å². The third kappa shape index (κ3) is 5.22. The van der Waals surface area contributed by atoms with Gasteiger partial charge in [0, 0.05) is 17.3 Å². The summed E-state index contributed by atoms with van der Waals surface area (Å²) in [6, 6.07) is 7.16. The highest BCUT2D eigenvalue weighted by molar-refractivity contribution is 6.30. The van der Waals surface area contributed by atoms with E-state index in [0.29, 0.717) is 22.5 Å². The zero-order valence-electron chi connectivity index (χ0n) is 13.7. The number of anilines is 1. The van der Waals surface area contributed by atoms with E-state index in [2.05, 4.69) is 15.7 Å². The normalized spacial score (nSPS) is 14.6. The fraction of sp³-hybridized carbons (Fsp3) is 0.353. The Hall–Kier alpha value is -2.54. The van der Waals surface area contributed by atoms with Crippen LogP contribution in [0.25, 0.3) is 0 Å². The fourth-order valence-corrected chi connectivity index (χ4v) is 2.38. The summed E-state index contributed by atoms with van der Waals surface area (Å²) in [6.45, 7) is 1.77. The SMILES string of the molecule is C[C@@H](Oc1cccc(Cl)c1)C(=O)Nc1cnn(CC(=O)NC2CC2)c1. The number of nitrogens with zero attached hydrogens (tertiary/aromatic N) is 2. The smallest absolute Gasteiger partial charge is 0.265 e. The molecule has 0 saturated heterocycles. The summed E-state index contributed by atoms with van der Waals surface area (Å²) in [4.78, 5) is 23.9. The number of carbonyl (C=O) groups excluding carboxylic acids is 2. The highest BCUT2D eigenvalue weighted by Crippen LogP contribution is 2.19. The van der Waals surface area contributed by atoms with Gasteiger partial charge in [-0.3, -0.25) is 14.3 Å². The molecule has 1 saturated carbocycles. The Balaban J connectivity index is 1.50. The first kappa shape index (κ1) is 17.3. The quantitative estimate of drug-likeness (QED) is 0.790. The number of aromatic nitrogens is 2. The van der Waals surface area contributed by atoms with Crippen molar-refractivity contribution >= 4 is 29.1 Å². The lowest BCUT2D eigenvalue weighted by Crippen LogP contribution is -2.30. The first-order chi connectivity index (χ1) is 12.0. The van der Waals surface area contributed by atoms with E-state index in [1.807, 2.05) is 0 Å². The van der Waals surface area contributed by atoms with E-state index in [0.717, 1.165) is 12.8 Å². The Morgan fingerprint density at radius 1 is 1.44 bits per heavy atom. The molecule has 1 fully saturated rings. The van der Waals surface area contributed by atoms with Gasteiger partial charge in [-0.2, -0.15) is 5.10 Å². The van der Waals surface area contributed by atoms with Gasteiger partial charge in [0.1, 0.15) is 12.3 Å². The van der Waals surface area contributed by atoms with E-state index in [1.165, 1.54) is 10.9 Å². The van der Waals surface area contributed by atoms with Crippen LogP contribution in [-0.2, 0) is 16.1 Å². The zero-order valence-corrected chi connectivity index (χ0v) is 14.5. The van der Waals surface area contributed by atoms with Crippen molar-refractivity contribution in [3.05, 3.63) is 41.7 Å². The molecule has 7 nitrogen and oxygen atoms in total. The molecule has 3 rings (SSSR count). The Labute approximate surface area is 150 Å². The van der Waals surface area contributed by atoms with Crippen LogP contribution in [0.15, 0.2) is 36.7 Å². The van der Waals surface area contributed by atoms with Crippen LogP contribution in [0.5, 0.6) is 5.75 Å². The lowest BCUT2D eigenvalue weighted by Gasteiger charge is -2.14. The summed E-state index contributed by atoms with van der Waals surface area (Å²) < 4.78 is 7.05. The fourth-order valence-electron chi connectivity index (χ4n) is 2.20. The molecule has 0 radical (unpaired) electrons. The van der Waals surface area contributed by atoms with Gasteiger partial charge in [0.15, 0.2) is 6.10 Å². The van der Waals surface area contributed by atoms with Crippen LogP contribution in [0.3, 0.4) is 0 Å². The van der Waals surface area contributed by atoms with Gasteiger partial charge in [0.2, 0.25) is 5.91 Å². The molecular formula is C17H19ClN4O3. The van der Waals surface area contributed by atoms with Gasteiger partial charge in [0.25, 0.3) is 5.91 Å². The van der Waals surface area contributed by atoms with Crippen molar-refractivity contribution in [2.24, 2.45) is 0 Å². The summed E-state index contributed by atoms with van der Waals surface area (Å²) in [7, 11) is 0. The van der Waals surface area contributed by atoms with Gasteiger partial charge < -0.3 is 15.4 Å². The summed E-state index contributed by atoms with van der Waals surface area (Å²) in [6.07, 6.45) is 4.47. The summed E-state index contributed by atoms with van der Waals surface area (Å²) >= 11 is 5.89. The van der Waals surface area contributed by atoms with Crippen LogP contribution in [0.2, 0.25) is 5.02 Å². The van der Waals surface area contributed by atoms with Gasteiger partial charge in [-0.05, 0) is 38.0 Å².